The molecule has 21 heavy (non-hydrogen) atoms. The third-order valence-electron chi connectivity index (χ3n) is 2.62. The van der Waals surface area contributed by atoms with Crippen LogP contribution in [0.4, 0.5) is 5.69 Å². The summed E-state index contributed by atoms with van der Waals surface area (Å²) >= 11 is 6.48. The van der Waals surface area contributed by atoms with E-state index in [2.05, 4.69) is 31.9 Å². The van der Waals surface area contributed by atoms with Crippen LogP contribution in [0, 0.1) is 10.1 Å². The number of hydrogen-bond acceptors (Lipinski definition) is 4. The molecule has 0 unspecified atom stereocenters. The van der Waals surface area contributed by atoms with Gasteiger partial charge in [-0.2, -0.15) is 0 Å². The molecule has 0 aliphatic rings. The summed E-state index contributed by atoms with van der Waals surface area (Å²) in [6.07, 6.45) is 0. The van der Waals surface area contributed by atoms with Crippen LogP contribution in [0.5, 0.6) is 11.5 Å². The zero-order valence-electron chi connectivity index (χ0n) is 10.8. The molecule has 7 heteroatoms. The van der Waals surface area contributed by atoms with Crippen molar-refractivity contribution in [1.29, 1.82) is 0 Å². The first-order chi connectivity index (χ1) is 9.86. The Balaban J connectivity index is 2.43. The largest absolute Gasteiger partial charge is 0.456 e. The van der Waals surface area contributed by atoms with Crippen LogP contribution < -0.4 is 4.74 Å². The zero-order chi connectivity index (χ0) is 15.6. The highest BCUT2D eigenvalue weighted by Gasteiger charge is 2.13. The lowest BCUT2D eigenvalue weighted by molar-refractivity contribution is -0.385. The smallest absolute Gasteiger partial charge is 0.274 e. The van der Waals surface area contributed by atoms with Crippen molar-refractivity contribution in [3.8, 4) is 11.5 Å². The Morgan fingerprint density at radius 1 is 1.14 bits per heavy atom. The summed E-state index contributed by atoms with van der Waals surface area (Å²) in [4.78, 5) is 22.0. The molecule has 0 N–H and O–H groups in total. The van der Waals surface area contributed by atoms with E-state index in [1.54, 1.807) is 24.3 Å². The average molecular weight is 415 g/mol. The molecule has 0 saturated carbocycles. The summed E-state index contributed by atoms with van der Waals surface area (Å²) < 4.78 is 6.89. The molecule has 0 aromatic heterocycles. The van der Waals surface area contributed by atoms with Crippen LogP contribution in [0.1, 0.15) is 17.3 Å². The highest BCUT2D eigenvalue weighted by Crippen LogP contribution is 2.32. The van der Waals surface area contributed by atoms with Crippen LogP contribution in [0.2, 0.25) is 0 Å². The minimum absolute atomic E-state index is 0.0964. The molecule has 2 aromatic rings. The molecule has 0 heterocycles. The first-order valence-corrected chi connectivity index (χ1v) is 7.39. The molecule has 0 bridgehead atoms. The maximum atomic E-state index is 11.6. The number of ketones is 1. The summed E-state index contributed by atoms with van der Waals surface area (Å²) in [5, 5.41) is 10.8. The molecule has 0 fully saturated rings. The maximum absolute atomic E-state index is 11.6. The normalized spacial score (nSPS) is 10.2. The van der Waals surface area contributed by atoms with Crippen molar-refractivity contribution in [2.75, 3.05) is 0 Å². The Labute approximate surface area is 137 Å². The van der Waals surface area contributed by atoms with Gasteiger partial charge in [0.15, 0.2) is 5.78 Å². The first kappa shape index (κ1) is 15.7. The number of carbonyl (C=O) groups excluding carboxylic acids is 1. The summed E-state index contributed by atoms with van der Waals surface area (Å²) in [7, 11) is 0. The Morgan fingerprint density at radius 2 is 1.86 bits per heavy atom. The second-order valence-corrected chi connectivity index (χ2v) is 6.03. The second-order valence-electron chi connectivity index (χ2n) is 4.20. The number of non-ortho nitro benzene ring substituents is 1. The molecule has 2 rings (SSSR count). The van der Waals surface area contributed by atoms with Gasteiger partial charge in [0.25, 0.3) is 5.69 Å². The maximum Gasteiger partial charge on any atom is 0.274 e. The van der Waals surface area contributed by atoms with Crippen LogP contribution in [-0.2, 0) is 0 Å². The predicted octanol–water partition coefficient (Wildman–Crippen LogP) is 5.11. The van der Waals surface area contributed by atoms with Gasteiger partial charge in [0.05, 0.1) is 16.6 Å². The lowest BCUT2D eigenvalue weighted by Crippen LogP contribution is -1.97. The molecule has 2 aromatic carbocycles. The summed E-state index contributed by atoms with van der Waals surface area (Å²) in [5.41, 5.74) is 0.299. The van der Waals surface area contributed by atoms with Crippen molar-refractivity contribution < 1.29 is 14.5 Å². The van der Waals surface area contributed by atoms with E-state index >= 15 is 0 Å². The lowest BCUT2D eigenvalue weighted by atomic mass is 10.1. The third-order valence-corrected chi connectivity index (χ3v) is 3.57. The van der Waals surface area contributed by atoms with Crippen LogP contribution in [-0.4, -0.2) is 10.7 Å². The fraction of sp³-hybridized carbons (Fsp3) is 0.0714. The standard InChI is InChI=1S/C14H9Br2NO4/c1-8(18)13-6-9(15)2-3-14(13)21-12-5-10(16)4-11(7-12)17(19)20/h2-7H,1H3. The predicted molar refractivity (Wildman–Crippen MR) is 85.0 cm³/mol. The van der Waals surface area contributed by atoms with Crippen molar-refractivity contribution in [3.63, 3.8) is 0 Å². The van der Waals surface area contributed by atoms with Gasteiger partial charge in [-0.3, -0.25) is 14.9 Å². The van der Waals surface area contributed by atoms with Gasteiger partial charge < -0.3 is 4.74 Å². The topological polar surface area (TPSA) is 69.4 Å². The quantitative estimate of drug-likeness (QED) is 0.395. The van der Waals surface area contributed by atoms with Gasteiger partial charge in [-0.15, -0.1) is 0 Å². The van der Waals surface area contributed by atoms with E-state index in [1.165, 1.54) is 19.1 Å². The van der Waals surface area contributed by atoms with Crippen molar-refractivity contribution in [2.45, 2.75) is 6.92 Å². The molecule has 0 amide bonds. The third kappa shape index (κ3) is 3.89. The van der Waals surface area contributed by atoms with E-state index in [-0.39, 0.29) is 17.2 Å². The minimum atomic E-state index is -0.509. The summed E-state index contributed by atoms with van der Waals surface area (Å²) in [6, 6.07) is 9.28. The number of nitro groups is 1. The lowest BCUT2D eigenvalue weighted by Gasteiger charge is -2.10. The molecule has 0 aliphatic heterocycles. The van der Waals surface area contributed by atoms with Gasteiger partial charge in [0.1, 0.15) is 11.5 Å². The van der Waals surface area contributed by atoms with Crippen molar-refractivity contribution in [3.05, 3.63) is 61.0 Å². The molecule has 0 atom stereocenters. The fourth-order valence-electron chi connectivity index (χ4n) is 1.71. The first-order valence-electron chi connectivity index (χ1n) is 5.80. The van der Waals surface area contributed by atoms with Gasteiger partial charge in [-0.05, 0) is 31.2 Å². The van der Waals surface area contributed by atoms with Crippen LogP contribution in [0.25, 0.3) is 0 Å². The number of carbonyl (C=O) groups is 1. The number of ether oxygens (including phenoxy) is 1. The highest BCUT2D eigenvalue weighted by atomic mass is 79.9. The summed E-state index contributed by atoms with van der Waals surface area (Å²) in [6.45, 7) is 1.43. The van der Waals surface area contributed by atoms with E-state index in [9.17, 15) is 14.9 Å². The van der Waals surface area contributed by atoms with Gasteiger partial charge in [0.2, 0.25) is 0 Å². The molecule has 0 radical (unpaired) electrons. The number of nitrogens with zero attached hydrogens (tertiary/aromatic N) is 1. The summed E-state index contributed by atoms with van der Waals surface area (Å²) in [5.74, 6) is 0.467. The Kier molecular flexibility index (Phi) is 4.74. The van der Waals surface area contributed by atoms with Gasteiger partial charge in [0, 0.05) is 15.0 Å². The number of hydrogen-bond donors (Lipinski definition) is 0. The molecular formula is C14H9Br2NO4. The number of benzene rings is 2. The number of Topliss-reactive ketones (excluding diaryl/α,β-unsaturated/α-hetero) is 1. The van der Waals surface area contributed by atoms with E-state index < -0.39 is 4.92 Å². The van der Waals surface area contributed by atoms with Gasteiger partial charge >= 0.3 is 0 Å². The van der Waals surface area contributed by atoms with Crippen LogP contribution in [0.15, 0.2) is 45.3 Å². The van der Waals surface area contributed by atoms with Crippen LogP contribution >= 0.6 is 31.9 Å². The number of halogens is 2. The highest BCUT2D eigenvalue weighted by molar-refractivity contribution is 9.10. The number of nitro benzene ring substituents is 1. The molecule has 0 spiro atoms. The van der Waals surface area contributed by atoms with Crippen molar-refractivity contribution in [2.24, 2.45) is 0 Å². The van der Waals surface area contributed by atoms with E-state index in [0.29, 0.717) is 15.8 Å². The average Bonchev–Trinajstić information content (AvgIpc) is 2.40. The van der Waals surface area contributed by atoms with Gasteiger partial charge in [-0.1, -0.05) is 31.9 Å². The Hall–Kier alpha value is -1.73. The minimum Gasteiger partial charge on any atom is -0.456 e. The zero-order valence-corrected chi connectivity index (χ0v) is 14.0. The Morgan fingerprint density at radius 3 is 2.48 bits per heavy atom. The van der Waals surface area contributed by atoms with Gasteiger partial charge in [-0.25, -0.2) is 0 Å². The number of rotatable bonds is 4. The van der Waals surface area contributed by atoms with Crippen LogP contribution in [0.3, 0.4) is 0 Å². The van der Waals surface area contributed by atoms with E-state index in [4.69, 9.17) is 4.74 Å². The second kappa shape index (κ2) is 6.36. The van der Waals surface area contributed by atoms with Crippen molar-refractivity contribution >= 4 is 43.3 Å². The molecule has 0 aliphatic carbocycles. The van der Waals surface area contributed by atoms with E-state index in [1.807, 2.05) is 0 Å². The molecular weight excluding hydrogens is 406 g/mol. The molecule has 5 nitrogen and oxygen atoms in total. The Bertz CT molecular complexity index is 731. The molecule has 0 saturated heterocycles. The monoisotopic (exact) mass is 413 g/mol. The van der Waals surface area contributed by atoms with Crippen molar-refractivity contribution in [1.82, 2.24) is 0 Å². The van der Waals surface area contributed by atoms with E-state index in [0.717, 1.165) is 4.47 Å². The fourth-order valence-corrected chi connectivity index (χ4v) is 2.53. The molecule has 108 valence electrons. The SMILES string of the molecule is CC(=O)c1cc(Br)ccc1Oc1cc(Br)cc([N+](=O)[O-])c1.